The average Bonchev–Trinajstić information content (AvgIpc) is 2.79. The van der Waals surface area contributed by atoms with Crippen molar-refractivity contribution in [1.29, 1.82) is 0 Å². The molecule has 2 N–H and O–H groups in total. The SMILES string of the molecule is Cn1cc(CC(=O)NCCCCCC(=O)O)c2ccccc21. The Bertz CT molecular complexity index is 661. The van der Waals surface area contributed by atoms with Crippen LogP contribution in [0.25, 0.3) is 10.9 Å². The summed E-state index contributed by atoms with van der Waals surface area (Å²) in [5.41, 5.74) is 2.15. The van der Waals surface area contributed by atoms with Gasteiger partial charge in [0.15, 0.2) is 0 Å². The predicted octanol–water partition coefficient (Wildman–Crippen LogP) is 2.48. The van der Waals surface area contributed by atoms with E-state index in [9.17, 15) is 9.59 Å². The molecule has 1 aromatic carbocycles. The second kappa shape index (κ2) is 7.64. The summed E-state index contributed by atoms with van der Waals surface area (Å²) in [6.45, 7) is 0.600. The number of nitrogens with zero attached hydrogens (tertiary/aromatic N) is 1. The number of rotatable bonds is 8. The van der Waals surface area contributed by atoms with E-state index in [1.807, 2.05) is 42.1 Å². The third-order valence-corrected chi connectivity index (χ3v) is 3.72. The van der Waals surface area contributed by atoms with Crippen molar-refractivity contribution < 1.29 is 14.7 Å². The molecule has 0 atom stereocenters. The fourth-order valence-corrected chi connectivity index (χ4v) is 2.61. The Labute approximate surface area is 129 Å². The molecule has 0 unspecified atom stereocenters. The monoisotopic (exact) mass is 302 g/mol. The second-order valence-electron chi connectivity index (χ2n) is 5.51. The molecular weight excluding hydrogens is 280 g/mol. The minimum atomic E-state index is -0.764. The van der Waals surface area contributed by atoms with Gasteiger partial charge >= 0.3 is 5.97 Å². The van der Waals surface area contributed by atoms with Crippen LogP contribution in [-0.4, -0.2) is 28.1 Å². The van der Waals surface area contributed by atoms with Crippen LogP contribution in [0.4, 0.5) is 0 Å². The van der Waals surface area contributed by atoms with Gasteiger partial charge in [-0.3, -0.25) is 9.59 Å². The fraction of sp³-hybridized carbons (Fsp3) is 0.412. The fourth-order valence-electron chi connectivity index (χ4n) is 2.61. The number of carbonyl (C=O) groups excluding carboxylic acids is 1. The first-order valence-electron chi connectivity index (χ1n) is 7.59. The number of carbonyl (C=O) groups is 2. The first-order valence-corrected chi connectivity index (χ1v) is 7.59. The van der Waals surface area contributed by atoms with Gasteiger partial charge in [0.2, 0.25) is 5.91 Å². The van der Waals surface area contributed by atoms with Gasteiger partial charge in [-0.25, -0.2) is 0 Å². The van der Waals surface area contributed by atoms with E-state index in [-0.39, 0.29) is 12.3 Å². The smallest absolute Gasteiger partial charge is 0.303 e. The van der Waals surface area contributed by atoms with Crippen LogP contribution in [0.2, 0.25) is 0 Å². The highest BCUT2D eigenvalue weighted by Crippen LogP contribution is 2.20. The molecule has 0 aliphatic carbocycles. The van der Waals surface area contributed by atoms with Crippen LogP contribution in [-0.2, 0) is 23.1 Å². The first-order chi connectivity index (χ1) is 10.6. The molecule has 22 heavy (non-hydrogen) atoms. The first kappa shape index (κ1) is 16.1. The molecule has 2 aromatic rings. The Morgan fingerprint density at radius 1 is 1.18 bits per heavy atom. The van der Waals surface area contributed by atoms with Gasteiger partial charge in [0.25, 0.3) is 0 Å². The van der Waals surface area contributed by atoms with Crippen LogP contribution in [0, 0.1) is 0 Å². The van der Waals surface area contributed by atoms with Crippen LogP contribution in [0.3, 0.4) is 0 Å². The van der Waals surface area contributed by atoms with Crippen molar-refractivity contribution in [1.82, 2.24) is 9.88 Å². The highest BCUT2D eigenvalue weighted by atomic mass is 16.4. The van der Waals surface area contributed by atoms with Crippen molar-refractivity contribution in [2.45, 2.75) is 32.1 Å². The number of carboxylic acid groups (broad SMARTS) is 1. The number of aryl methyl sites for hydroxylation is 1. The Kier molecular flexibility index (Phi) is 5.58. The molecule has 0 spiro atoms. The van der Waals surface area contributed by atoms with Gasteiger partial charge in [-0.1, -0.05) is 24.6 Å². The van der Waals surface area contributed by atoms with E-state index in [1.54, 1.807) is 0 Å². The maximum absolute atomic E-state index is 12.0. The van der Waals surface area contributed by atoms with Gasteiger partial charge < -0.3 is 15.0 Å². The molecule has 0 fully saturated rings. The molecule has 1 heterocycles. The van der Waals surface area contributed by atoms with E-state index in [1.165, 1.54) is 0 Å². The summed E-state index contributed by atoms with van der Waals surface area (Å²) >= 11 is 0. The highest BCUT2D eigenvalue weighted by molar-refractivity contribution is 5.89. The summed E-state index contributed by atoms with van der Waals surface area (Å²) in [4.78, 5) is 22.4. The van der Waals surface area contributed by atoms with E-state index < -0.39 is 5.97 Å². The lowest BCUT2D eigenvalue weighted by Crippen LogP contribution is -2.26. The molecule has 1 aromatic heterocycles. The van der Waals surface area contributed by atoms with Crippen LogP contribution in [0.5, 0.6) is 0 Å². The quantitative estimate of drug-likeness (QED) is 0.736. The van der Waals surface area contributed by atoms with Crippen LogP contribution >= 0.6 is 0 Å². The third-order valence-electron chi connectivity index (χ3n) is 3.72. The summed E-state index contributed by atoms with van der Waals surface area (Å²) in [5, 5.41) is 12.5. The molecule has 0 aliphatic rings. The van der Waals surface area contributed by atoms with Gasteiger partial charge in [0, 0.05) is 37.1 Å². The van der Waals surface area contributed by atoms with E-state index in [4.69, 9.17) is 5.11 Å². The molecule has 5 heteroatoms. The summed E-state index contributed by atoms with van der Waals surface area (Å²) in [7, 11) is 1.98. The minimum absolute atomic E-state index is 0.00888. The largest absolute Gasteiger partial charge is 0.481 e. The number of aromatic nitrogens is 1. The number of para-hydroxylation sites is 1. The minimum Gasteiger partial charge on any atom is -0.481 e. The summed E-state index contributed by atoms with van der Waals surface area (Å²) < 4.78 is 2.03. The van der Waals surface area contributed by atoms with Gasteiger partial charge in [0.1, 0.15) is 0 Å². The third kappa shape index (κ3) is 4.35. The average molecular weight is 302 g/mol. The molecule has 0 saturated heterocycles. The molecule has 1 amide bonds. The number of aliphatic carboxylic acids is 1. The number of benzene rings is 1. The zero-order chi connectivity index (χ0) is 15.9. The molecule has 5 nitrogen and oxygen atoms in total. The molecule has 0 bridgehead atoms. The maximum atomic E-state index is 12.0. The number of fused-ring (bicyclic) bond motifs is 1. The van der Waals surface area contributed by atoms with Crippen LogP contribution in [0.15, 0.2) is 30.5 Å². The van der Waals surface area contributed by atoms with Crippen molar-refractivity contribution in [2.75, 3.05) is 6.54 Å². The van der Waals surface area contributed by atoms with Gasteiger partial charge in [-0.05, 0) is 24.5 Å². The Morgan fingerprint density at radius 2 is 1.95 bits per heavy atom. The molecule has 118 valence electrons. The second-order valence-corrected chi connectivity index (χ2v) is 5.51. The molecule has 0 aliphatic heterocycles. The maximum Gasteiger partial charge on any atom is 0.303 e. The topological polar surface area (TPSA) is 71.3 Å². The lowest BCUT2D eigenvalue weighted by atomic mass is 10.1. The van der Waals surface area contributed by atoms with E-state index in [0.29, 0.717) is 19.4 Å². The van der Waals surface area contributed by atoms with Gasteiger partial charge in [-0.2, -0.15) is 0 Å². The summed E-state index contributed by atoms with van der Waals surface area (Å²) in [6.07, 6.45) is 4.86. The van der Waals surface area contributed by atoms with Crippen molar-refractivity contribution in [3.63, 3.8) is 0 Å². The number of unbranched alkanes of at least 4 members (excludes halogenated alkanes) is 2. The Hall–Kier alpha value is -2.30. The number of hydrogen-bond donors (Lipinski definition) is 2. The predicted molar refractivity (Wildman–Crippen MR) is 85.7 cm³/mol. The lowest BCUT2D eigenvalue weighted by Gasteiger charge is -2.04. The van der Waals surface area contributed by atoms with Crippen LogP contribution < -0.4 is 5.32 Å². The highest BCUT2D eigenvalue weighted by Gasteiger charge is 2.09. The van der Waals surface area contributed by atoms with Crippen LogP contribution in [0.1, 0.15) is 31.2 Å². The van der Waals surface area contributed by atoms with E-state index in [0.717, 1.165) is 29.3 Å². The van der Waals surface area contributed by atoms with Crippen molar-refractivity contribution in [3.8, 4) is 0 Å². The zero-order valence-electron chi connectivity index (χ0n) is 12.8. The van der Waals surface area contributed by atoms with Crippen molar-refractivity contribution >= 4 is 22.8 Å². The van der Waals surface area contributed by atoms with Crippen molar-refractivity contribution in [3.05, 3.63) is 36.0 Å². The van der Waals surface area contributed by atoms with Crippen molar-refractivity contribution in [2.24, 2.45) is 7.05 Å². The summed E-state index contributed by atoms with van der Waals surface area (Å²) in [6, 6.07) is 8.04. The molecule has 0 saturated carbocycles. The molecule has 0 radical (unpaired) electrons. The Balaban J connectivity index is 1.78. The number of carboxylic acids is 1. The van der Waals surface area contributed by atoms with E-state index >= 15 is 0 Å². The summed E-state index contributed by atoms with van der Waals surface area (Å²) in [5.74, 6) is -0.755. The Morgan fingerprint density at radius 3 is 2.73 bits per heavy atom. The van der Waals surface area contributed by atoms with Gasteiger partial charge in [-0.15, -0.1) is 0 Å². The number of nitrogens with one attached hydrogen (secondary N) is 1. The standard InChI is InChI=1S/C17H22N2O3/c1-19-12-13(14-7-4-5-8-15(14)19)11-16(20)18-10-6-2-3-9-17(21)22/h4-5,7-8,12H,2-3,6,9-11H2,1H3,(H,18,20)(H,21,22). The normalized spacial score (nSPS) is 10.8. The number of hydrogen-bond acceptors (Lipinski definition) is 2. The molecular formula is C17H22N2O3. The van der Waals surface area contributed by atoms with Gasteiger partial charge in [0.05, 0.1) is 6.42 Å². The lowest BCUT2D eigenvalue weighted by molar-refractivity contribution is -0.137. The number of amides is 1. The van der Waals surface area contributed by atoms with E-state index in [2.05, 4.69) is 5.32 Å². The zero-order valence-corrected chi connectivity index (χ0v) is 12.8. The molecule has 2 rings (SSSR count).